The van der Waals surface area contributed by atoms with Crippen LogP contribution in [0.1, 0.15) is 12.5 Å². The zero-order chi connectivity index (χ0) is 11.1. The molecule has 0 bridgehead atoms. The first-order chi connectivity index (χ1) is 7.22. The second-order valence-corrected chi connectivity index (χ2v) is 3.64. The maximum Gasteiger partial charge on any atom is 0.119 e. The average molecular weight is 205 g/mol. The van der Waals surface area contributed by atoms with Crippen molar-refractivity contribution in [1.82, 2.24) is 5.32 Å². The maximum atomic E-state index is 5.58. The molecule has 0 fully saturated rings. The fraction of sp³-hybridized carbons (Fsp3) is 0.385. The van der Waals surface area contributed by atoms with E-state index in [0.717, 1.165) is 12.3 Å². The molecule has 0 saturated heterocycles. The van der Waals surface area contributed by atoms with Crippen LogP contribution < -0.4 is 10.1 Å². The third-order valence-corrected chi connectivity index (χ3v) is 2.18. The lowest BCUT2D eigenvalue weighted by Crippen LogP contribution is -2.28. The Balaban J connectivity index is 2.23. The molecule has 0 aromatic heterocycles. The minimum Gasteiger partial charge on any atom is -0.492 e. The number of aryl methyl sites for hydroxylation is 1. The Bertz CT molecular complexity index is 309. The van der Waals surface area contributed by atoms with E-state index >= 15 is 0 Å². The third-order valence-electron chi connectivity index (χ3n) is 2.18. The lowest BCUT2D eigenvalue weighted by Gasteiger charge is -2.10. The second kappa shape index (κ2) is 6.25. The summed E-state index contributed by atoms with van der Waals surface area (Å²) in [7, 11) is 0. The van der Waals surface area contributed by atoms with Crippen LogP contribution in [0.4, 0.5) is 0 Å². The zero-order valence-corrected chi connectivity index (χ0v) is 9.49. The molecule has 1 atom stereocenters. The lowest BCUT2D eigenvalue weighted by atomic mass is 10.2. The van der Waals surface area contributed by atoms with Crippen LogP contribution >= 0.6 is 0 Å². The van der Waals surface area contributed by atoms with E-state index < -0.39 is 0 Å². The van der Waals surface area contributed by atoms with E-state index in [4.69, 9.17) is 4.74 Å². The van der Waals surface area contributed by atoms with Crippen LogP contribution in [-0.4, -0.2) is 19.2 Å². The molecule has 15 heavy (non-hydrogen) atoms. The molecule has 1 N–H and O–H groups in total. The van der Waals surface area contributed by atoms with Gasteiger partial charge in [0, 0.05) is 12.6 Å². The highest BCUT2D eigenvalue weighted by atomic mass is 16.5. The van der Waals surface area contributed by atoms with Crippen molar-refractivity contribution in [3.05, 3.63) is 42.5 Å². The number of hydrogen-bond acceptors (Lipinski definition) is 2. The van der Waals surface area contributed by atoms with E-state index in [2.05, 4.69) is 31.8 Å². The van der Waals surface area contributed by atoms with E-state index in [-0.39, 0.29) is 0 Å². The second-order valence-electron chi connectivity index (χ2n) is 3.64. The van der Waals surface area contributed by atoms with Gasteiger partial charge in [-0.1, -0.05) is 18.2 Å². The molecule has 82 valence electrons. The summed E-state index contributed by atoms with van der Waals surface area (Å²) in [6.45, 7) is 9.35. The quantitative estimate of drug-likeness (QED) is 0.569. The van der Waals surface area contributed by atoms with Gasteiger partial charge in [0.1, 0.15) is 12.4 Å². The van der Waals surface area contributed by atoms with Crippen molar-refractivity contribution >= 4 is 0 Å². The third kappa shape index (κ3) is 4.66. The van der Waals surface area contributed by atoms with E-state index in [1.54, 1.807) is 0 Å². The van der Waals surface area contributed by atoms with Gasteiger partial charge in [0.2, 0.25) is 0 Å². The Labute approximate surface area is 92.0 Å². The first-order valence-corrected chi connectivity index (χ1v) is 5.28. The number of rotatable bonds is 6. The number of nitrogens with one attached hydrogen (secondary N) is 1. The Morgan fingerprint density at radius 3 is 3.00 bits per heavy atom. The standard InChI is InChI=1S/C13H19NO/c1-4-12(3)14-8-9-15-13-7-5-6-11(2)10-13/h4-7,10,12,14H,1,8-9H2,2-3H3. The van der Waals surface area contributed by atoms with Crippen molar-refractivity contribution in [3.63, 3.8) is 0 Å². The summed E-state index contributed by atoms with van der Waals surface area (Å²) < 4.78 is 5.58. The first kappa shape index (κ1) is 11.8. The van der Waals surface area contributed by atoms with Crippen molar-refractivity contribution in [1.29, 1.82) is 0 Å². The van der Waals surface area contributed by atoms with Gasteiger partial charge in [0.15, 0.2) is 0 Å². The van der Waals surface area contributed by atoms with Crippen LogP contribution in [0.15, 0.2) is 36.9 Å². The van der Waals surface area contributed by atoms with Crippen molar-refractivity contribution in [2.45, 2.75) is 19.9 Å². The van der Waals surface area contributed by atoms with Crippen LogP contribution in [0.5, 0.6) is 5.75 Å². The van der Waals surface area contributed by atoms with Crippen LogP contribution in [0.3, 0.4) is 0 Å². The SMILES string of the molecule is C=CC(C)NCCOc1cccc(C)c1. The van der Waals surface area contributed by atoms with Gasteiger partial charge in [-0.2, -0.15) is 0 Å². The highest BCUT2D eigenvalue weighted by molar-refractivity contribution is 5.27. The predicted octanol–water partition coefficient (Wildman–Crippen LogP) is 2.54. The summed E-state index contributed by atoms with van der Waals surface area (Å²) in [5, 5.41) is 3.27. The average Bonchev–Trinajstić information content (AvgIpc) is 2.24. The first-order valence-electron chi connectivity index (χ1n) is 5.28. The molecule has 2 nitrogen and oxygen atoms in total. The molecule has 0 amide bonds. The summed E-state index contributed by atoms with van der Waals surface area (Å²) in [4.78, 5) is 0. The molecule has 0 aliphatic carbocycles. The van der Waals surface area contributed by atoms with Crippen molar-refractivity contribution in [2.24, 2.45) is 0 Å². The number of ether oxygens (including phenoxy) is 1. The summed E-state index contributed by atoms with van der Waals surface area (Å²) in [6.07, 6.45) is 1.88. The minimum atomic E-state index is 0.339. The number of benzene rings is 1. The topological polar surface area (TPSA) is 21.3 Å². The van der Waals surface area contributed by atoms with Gasteiger partial charge < -0.3 is 10.1 Å². The van der Waals surface area contributed by atoms with Crippen LogP contribution in [0.25, 0.3) is 0 Å². The minimum absolute atomic E-state index is 0.339. The van der Waals surface area contributed by atoms with Gasteiger partial charge in [0.25, 0.3) is 0 Å². The predicted molar refractivity (Wildman–Crippen MR) is 64.3 cm³/mol. The Hall–Kier alpha value is -1.28. The fourth-order valence-corrected chi connectivity index (χ4v) is 1.24. The molecule has 0 aliphatic heterocycles. The van der Waals surface area contributed by atoms with E-state index in [0.29, 0.717) is 12.6 Å². The van der Waals surface area contributed by atoms with Gasteiger partial charge in [-0.05, 0) is 31.5 Å². The molecule has 0 spiro atoms. The smallest absolute Gasteiger partial charge is 0.119 e. The Morgan fingerprint density at radius 1 is 1.53 bits per heavy atom. The summed E-state index contributed by atoms with van der Waals surface area (Å²) in [6, 6.07) is 8.42. The van der Waals surface area contributed by atoms with Crippen molar-refractivity contribution < 1.29 is 4.74 Å². The normalized spacial score (nSPS) is 12.1. The molecule has 2 heteroatoms. The molecule has 1 aromatic carbocycles. The van der Waals surface area contributed by atoms with Crippen LogP contribution in [-0.2, 0) is 0 Å². The summed E-state index contributed by atoms with van der Waals surface area (Å²) >= 11 is 0. The maximum absolute atomic E-state index is 5.58. The van der Waals surface area contributed by atoms with Gasteiger partial charge in [0.05, 0.1) is 0 Å². The van der Waals surface area contributed by atoms with E-state index in [9.17, 15) is 0 Å². The van der Waals surface area contributed by atoms with Gasteiger partial charge >= 0.3 is 0 Å². The van der Waals surface area contributed by atoms with Crippen molar-refractivity contribution in [2.75, 3.05) is 13.2 Å². The van der Waals surface area contributed by atoms with Crippen molar-refractivity contribution in [3.8, 4) is 5.75 Å². The van der Waals surface area contributed by atoms with E-state index in [1.165, 1.54) is 5.56 Å². The summed E-state index contributed by atoms with van der Waals surface area (Å²) in [5.74, 6) is 0.933. The molecule has 0 heterocycles. The van der Waals surface area contributed by atoms with Crippen LogP contribution in [0, 0.1) is 6.92 Å². The van der Waals surface area contributed by atoms with Gasteiger partial charge in [-0.3, -0.25) is 0 Å². The fourth-order valence-electron chi connectivity index (χ4n) is 1.24. The molecular weight excluding hydrogens is 186 g/mol. The number of hydrogen-bond donors (Lipinski definition) is 1. The summed E-state index contributed by atoms with van der Waals surface area (Å²) in [5.41, 5.74) is 1.22. The molecular formula is C13H19NO. The van der Waals surface area contributed by atoms with Gasteiger partial charge in [-0.25, -0.2) is 0 Å². The Morgan fingerprint density at radius 2 is 2.33 bits per heavy atom. The lowest BCUT2D eigenvalue weighted by molar-refractivity contribution is 0.311. The molecule has 1 aromatic rings. The molecule has 1 rings (SSSR count). The molecule has 1 unspecified atom stereocenters. The van der Waals surface area contributed by atoms with Crippen LogP contribution in [0.2, 0.25) is 0 Å². The van der Waals surface area contributed by atoms with Gasteiger partial charge in [-0.15, -0.1) is 6.58 Å². The molecule has 0 radical (unpaired) electrons. The largest absolute Gasteiger partial charge is 0.492 e. The zero-order valence-electron chi connectivity index (χ0n) is 9.49. The van der Waals surface area contributed by atoms with E-state index in [1.807, 2.05) is 24.3 Å². The highest BCUT2D eigenvalue weighted by Gasteiger charge is 1.95. The molecule has 0 aliphatic rings. The highest BCUT2D eigenvalue weighted by Crippen LogP contribution is 2.11. The Kier molecular flexibility index (Phi) is 4.91. The molecule has 0 saturated carbocycles. The monoisotopic (exact) mass is 205 g/mol.